The molecule has 1 N–H and O–H groups in total. The van der Waals surface area contributed by atoms with Crippen LogP contribution in [-0.2, 0) is 6.54 Å². The summed E-state index contributed by atoms with van der Waals surface area (Å²) in [5.41, 5.74) is 1.91. The average Bonchev–Trinajstić information content (AvgIpc) is 3.03. The van der Waals surface area contributed by atoms with Crippen LogP contribution in [0.2, 0.25) is 0 Å². The van der Waals surface area contributed by atoms with Crippen LogP contribution in [0.15, 0.2) is 41.0 Å². The number of nitrogens with zero attached hydrogens (tertiary/aromatic N) is 2. The normalized spacial score (nSPS) is 14.5. The molecule has 1 aliphatic heterocycles. The Morgan fingerprint density at radius 1 is 1.24 bits per heavy atom. The molecule has 0 unspecified atom stereocenters. The molecule has 0 atom stereocenters. The fourth-order valence-corrected chi connectivity index (χ4v) is 2.81. The highest BCUT2D eigenvalue weighted by Gasteiger charge is 2.16. The molecule has 1 fully saturated rings. The van der Waals surface area contributed by atoms with Gasteiger partial charge in [0.05, 0.1) is 10.2 Å². The highest BCUT2D eigenvalue weighted by molar-refractivity contribution is 9.10. The summed E-state index contributed by atoms with van der Waals surface area (Å²) < 4.78 is 14.0. The Morgan fingerprint density at radius 3 is 2.81 bits per heavy atom. The van der Waals surface area contributed by atoms with Crippen molar-refractivity contribution < 1.29 is 4.39 Å². The van der Waals surface area contributed by atoms with E-state index in [1.165, 1.54) is 12.8 Å². The smallest absolute Gasteiger partial charge is 0.151 e. The molecule has 1 aromatic heterocycles. The second-order valence-corrected chi connectivity index (χ2v) is 6.03. The third kappa shape index (κ3) is 3.35. The number of rotatable bonds is 4. The van der Waals surface area contributed by atoms with Crippen molar-refractivity contribution in [3.8, 4) is 0 Å². The fraction of sp³-hybridized carbons (Fsp3) is 0.312. The van der Waals surface area contributed by atoms with Gasteiger partial charge in [0.15, 0.2) is 5.82 Å². The number of pyridine rings is 1. The molecule has 0 spiro atoms. The Balaban J connectivity index is 1.74. The van der Waals surface area contributed by atoms with Gasteiger partial charge in [-0.25, -0.2) is 9.37 Å². The quantitative estimate of drug-likeness (QED) is 0.896. The number of halogens is 2. The molecule has 21 heavy (non-hydrogen) atoms. The zero-order valence-electron chi connectivity index (χ0n) is 11.6. The molecule has 0 amide bonds. The van der Waals surface area contributed by atoms with Crippen LogP contribution in [0, 0.1) is 5.82 Å². The Bertz CT molecular complexity index is 627. The van der Waals surface area contributed by atoms with Gasteiger partial charge >= 0.3 is 0 Å². The van der Waals surface area contributed by atoms with Crippen molar-refractivity contribution in [2.45, 2.75) is 19.4 Å². The second-order valence-electron chi connectivity index (χ2n) is 5.17. The first-order valence-corrected chi connectivity index (χ1v) is 7.91. The fourth-order valence-electron chi connectivity index (χ4n) is 2.56. The molecule has 5 heteroatoms. The molecule has 1 saturated heterocycles. The number of hydrogen-bond acceptors (Lipinski definition) is 3. The lowest BCUT2D eigenvalue weighted by atomic mass is 10.2. The van der Waals surface area contributed by atoms with Gasteiger partial charge in [-0.15, -0.1) is 0 Å². The topological polar surface area (TPSA) is 28.2 Å². The second kappa shape index (κ2) is 6.43. The number of anilines is 2. The summed E-state index contributed by atoms with van der Waals surface area (Å²) >= 11 is 3.17. The van der Waals surface area contributed by atoms with Crippen LogP contribution in [0.5, 0.6) is 0 Å². The number of aromatic nitrogens is 1. The maximum absolute atomic E-state index is 13.5. The van der Waals surface area contributed by atoms with Crippen LogP contribution in [0.3, 0.4) is 0 Å². The van der Waals surface area contributed by atoms with E-state index in [1.54, 1.807) is 12.1 Å². The molecule has 2 aromatic rings. The first kappa shape index (κ1) is 14.3. The van der Waals surface area contributed by atoms with Crippen LogP contribution < -0.4 is 10.2 Å². The Labute approximate surface area is 132 Å². The van der Waals surface area contributed by atoms with Gasteiger partial charge in [0.25, 0.3) is 0 Å². The maximum atomic E-state index is 13.5. The number of benzene rings is 1. The molecule has 3 rings (SSSR count). The van der Waals surface area contributed by atoms with E-state index in [9.17, 15) is 4.39 Å². The molecule has 3 nitrogen and oxygen atoms in total. The zero-order chi connectivity index (χ0) is 14.7. The molecule has 1 aliphatic rings. The molecule has 0 radical (unpaired) electrons. The Hall–Kier alpha value is -1.62. The molecule has 0 aliphatic carbocycles. The Kier molecular flexibility index (Phi) is 4.39. The van der Waals surface area contributed by atoms with E-state index in [2.05, 4.69) is 31.1 Å². The molecular formula is C16H17BrFN3. The van der Waals surface area contributed by atoms with Crippen LogP contribution >= 0.6 is 15.9 Å². The van der Waals surface area contributed by atoms with Crippen molar-refractivity contribution in [3.63, 3.8) is 0 Å². The van der Waals surface area contributed by atoms with E-state index in [0.29, 0.717) is 11.0 Å². The SMILES string of the molecule is Fc1cc(CNc2cccnc2N2CCCC2)ccc1Br. The van der Waals surface area contributed by atoms with Gasteiger partial charge in [0.1, 0.15) is 5.82 Å². The first-order valence-electron chi connectivity index (χ1n) is 7.12. The number of hydrogen-bond donors (Lipinski definition) is 1. The zero-order valence-corrected chi connectivity index (χ0v) is 13.2. The van der Waals surface area contributed by atoms with Crippen LogP contribution in [0.25, 0.3) is 0 Å². The predicted octanol–water partition coefficient (Wildman–Crippen LogP) is 4.20. The monoisotopic (exact) mass is 349 g/mol. The first-order chi connectivity index (χ1) is 10.2. The lowest BCUT2D eigenvalue weighted by molar-refractivity contribution is 0.619. The molecule has 2 heterocycles. The third-order valence-electron chi connectivity index (χ3n) is 3.66. The summed E-state index contributed by atoms with van der Waals surface area (Å²) in [4.78, 5) is 6.78. The van der Waals surface area contributed by atoms with Crippen molar-refractivity contribution >= 4 is 27.4 Å². The van der Waals surface area contributed by atoms with Gasteiger partial charge < -0.3 is 10.2 Å². The van der Waals surface area contributed by atoms with E-state index in [-0.39, 0.29) is 5.82 Å². The molecule has 0 bridgehead atoms. The highest BCUT2D eigenvalue weighted by Crippen LogP contribution is 2.26. The van der Waals surface area contributed by atoms with Gasteiger partial charge in [0.2, 0.25) is 0 Å². The molecule has 0 saturated carbocycles. The largest absolute Gasteiger partial charge is 0.378 e. The van der Waals surface area contributed by atoms with Gasteiger partial charge in [-0.2, -0.15) is 0 Å². The molecular weight excluding hydrogens is 333 g/mol. The van der Waals surface area contributed by atoms with E-state index < -0.39 is 0 Å². The minimum atomic E-state index is -0.236. The lowest BCUT2D eigenvalue weighted by Gasteiger charge is -2.20. The van der Waals surface area contributed by atoms with Gasteiger partial charge in [-0.1, -0.05) is 6.07 Å². The van der Waals surface area contributed by atoms with Crippen LogP contribution in [0.4, 0.5) is 15.9 Å². The van der Waals surface area contributed by atoms with Crippen LogP contribution in [-0.4, -0.2) is 18.1 Å². The lowest BCUT2D eigenvalue weighted by Crippen LogP contribution is -2.20. The molecule has 110 valence electrons. The van der Waals surface area contributed by atoms with Crippen molar-refractivity contribution in [1.29, 1.82) is 0 Å². The summed E-state index contributed by atoms with van der Waals surface area (Å²) in [5.74, 6) is 0.757. The van der Waals surface area contributed by atoms with Gasteiger partial charge in [-0.05, 0) is 58.6 Å². The van der Waals surface area contributed by atoms with E-state index in [4.69, 9.17) is 0 Å². The molecule has 1 aromatic carbocycles. The van der Waals surface area contributed by atoms with E-state index in [0.717, 1.165) is 30.2 Å². The van der Waals surface area contributed by atoms with Crippen molar-refractivity contribution in [1.82, 2.24) is 4.98 Å². The van der Waals surface area contributed by atoms with Gasteiger partial charge in [0, 0.05) is 25.8 Å². The highest BCUT2D eigenvalue weighted by atomic mass is 79.9. The number of nitrogens with one attached hydrogen (secondary N) is 1. The standard InChI is InChI=1S/C16H17BrFN3/c17-13-6-5-12(10-14(13)18)11-20-15-4-3-7-19-16(15)21-8-1-2-9-21/h3-7,10,20H,1-2,8-9,11H2. The summed E-state index contributed by atoms with van der Waals surface area (Å²) in [6.07, 6.45) is 4.25. The maximum Gasteiger partial charge on any atom is 0.151 e. The van der Waals surface area contributed by atoms with Crippen molar-refractivity contribution in [2.75, 3.05) is 23.3 Å². The minimum Gasteiger partial charge on any atom is -0.378 e. The van der Waals surface area contributed by atoms with Crippen molar-refractivity contribution in [3.05, 3.63) is 52.4 Å². The van der Waals surface area contributed by atoms with E-state index in [1.807, 2.05) is 24.4 Å². The van der Waals surface area contributed by atoms with Crippen LogP contribution in [0.1, 0.15) is 18.4 Å². The summed E-state index contributed by atoms with van der Waals surface area (Å²) in [7, 11) is 0. The Morgan fingerprint density at radius 2 is 2.05 bits per heavy atom. The summed E-state index contributed by atoms with van der Waals surface area (Å²) in [6.45, 7) is 2.69. The predicted molar refractivity (Wildman–Crippen MR) is 87.1 cm³/mol. The van der Waals surface area contributed by atoms with E-state index >= 15 is 0 Å². The third-order valence-corrected chi connectivity index (χ3v) is 4.30. The van der Waals surface area contributed by atoms with Crippen molar-refractivity contribution in [2.24, 2.45) is 0 Å². The minimum absolute atomic E-state index is 0.236. The van der Waals surface area contributed by atoms with Gasteiger partial charge in [-0.3, -0.25) is 0 Å². The average molecular weight is 350 g/mol. The summed E-state index contributed by atoms with van der Waals surface area (Å²) in [5, 5.41) is 3.37. The summed E-state index contributed by atoms with van der Waals surface area (Å²) in [6, 6.07) is 9.13.